The van der Waals surface area contributed by atoms with Crippen LogP contribution in [0.4, 0.5) is 0 Å². The maximum absolute atomic E-state index is 12.0. The van der Waals surface area contributed by atoms with Gasteiger partial charge in [0.1, 0.15) is 5.57 Å². The Kier molecular flexibility index (Phi) is 38.4. The molecule has 1 heterocycles. The van der Waals surface area contributed by atoms with Crippen molar-refractivity contribution in [1.29, 1.82) is 0 Å². The highest BCUT2D eigenvalue weighted by Crippen LogP contribution is 2.36. The summed E-state index contributed by atoms with van der Waals surface area (Å²) in [4.78, 5) is 0. The lowest BCUT2D eigenvalue weighted by molar-refractivity contribution is -0.344. The molecule has 2 heteroatoms. The van der Waals surface area contributed by atoms with Crippen LogP contribution in [0.1, 0.15) is 326 Å². The van der Waals surface area contributed by atoms with E-state index >= 15 is 0 Å². The van der Waals surface area contributed by atoms with Gasteiger partial charge in [0.2, 0.25) is 11.4 Å². The lowest BCUT2D eigenvalue weighted by Crippen LogP contribution is -2.03. The summed E-state index contributed by atoms with van der Waals surface area (Å²) >= 11 is 0. The molecule has 0 fully saturated rings. The van der Waals surface area contributed by atoms with Crippen LogP contribution in [-0.2, 0) is 12.8 Å². The van der Waals surface area contributed by atoms with Crippen molar-refractivity contribution in [1.82, 2.24) is 0 Å². The Labute approximate surface area is 430 Å². The summed E-state index contributed by atoms with van der Waals surface area (Å²) in [6, 6.07) is 17.9. The second kappa shape index (κ2) is 43.8. The van der Waals surface area contributed by atoms with E-state index in [4.69, 9.17) is 0 Å². The fourth-order valence-electron chi connectivity index (χ4n) is 10.6. The van der Waals surface area contributed by atoms with Crippen molar-refractivity contribution in [2.24, 2.45) is 0 Å². The van der Waals surface area contributed by atoms with Crippen LogP contribution in [0.25, 0.3) is 16.9 Å². The second-order valence-corrected chi connectivity index (χ2v) is 21.7. The first-order valence-corrected chi connectivity index (χ1v) is 30.8. The molecule has 69 heavy (non-hydrogen) atoms. The first kappa shape index (κ1) is 60.4. The molecular formula is C67H110N2. The SMILES string of the molecule is CCCCCCCCCCCCCCCCCC#CC1=C(c2cccc(CCCCCCCCCCCCCCCC)c2)[N+](=[N-])C(c2cccc(CCCCCCCCCCCCCCCC)c2)=C1. The lowest BCUT2D eigenvalue weighted by Gasteiger charge is -2.11. The normalized spacial score (nSPS) is 12.6. The van der Waals surface area contributed by atoms with E-state index in [1.807, 2.05) is 0 Å². The maximum Gasteiger partial charge on any atom is 0.223 e. The van der Waals surface area contributed by atoms with E-state index < -0.39 is 0 Å². The summed E-state index contributed by atoms with van der Waals surface area (Å²) < 4.78 is 1.45. The van der Waals surface area contributed by atoms with Crippen molar-refractivity contribution >= 4 is 11.4 Å². The zero-order valence-electron chi connectivity index (χ0n) is 46.1. The maximum atomic E-state index is 12.0. The van der Waals surface area contributed by atoms with Gasteiger partial charge in [-0.05, 0) is 67.5 Å². The standard InChI is InChI=1S/C67H110N2/c1-4-7-10-13-16-19-22-25-28-29-30-33-36-39-42-45-48-55-65-60-66(63-56-49-53-61(58-63)51-46-43-40-37-34-31-26-23-20-17-14-11-8-5-2)69(68)67(65)64-57-50-54-62(59-64)52-47-44-41-38-35-32-27-24-21-18-15-12-9-6-3/h49-50,53-54,56-60H,4-47,51-52H2,1-3H3. The predicted octanol–water partition coefficient (Wildman–Crippen LogP) is 22.8. The monoisotopic (exact) mass is 943 g/mol. The zero-order valence-corrected chi connectivity index (χ0v) is 46.1. The van der Waals surface area contributed by atoms with E-state index in [1.54, 1.807) is 0 Å². The molecule has 388 valence electrons. The van der Waals surface area contributed by atoms with Gasteiger partial charge in [0.05, 0.1) is 0 Å². The fourth-order valence-corrected chi connectivity index (χ4v) is 10.6. The third-order valence-electron chi connectivity index (χ3n) is 15.2. The Hall–Kier alpha value is -2.92. The molecule has 0 bridgehead atoms. The molecule has 2 nitrogen and oxygen atoms in total. The minimum atomic E-state index is 0.842. The van der Waals surface area contributed by atoms with E-state index in [2.05, 4.69) is 87.2 Å². The van der Waals surface area contributed by atoms with Gasteiger partial charge >= 0.3 is 0 Å². The average molecular weight is 944 g/mol. The molecule has 0 N–H and O–H groups in total. The molecule has 0 unspecified atom stereocenters. The highest BCUT2D eigenvalue weighted by atomic mass is 15.2. The smallest absolute Gasteiger partial charge is 0.223 e. The molecule has 1 aliphatic rings. The largest absolute Gasteiger partial charge is 0.493 e. The van der Waals surface area contributed by atoms with Crippen molar-refractivity contribution in [3.05, 3.63) is 88.0 Å². The van der Waals surface area contributed by atoms with Gasteiger partial charge in [-0.25, -0.2) is 4.70 Å². The number of hydrogen-bond acceptors (Lipinski definition) is 0. The van der Waals surface area contributed by atoms with Crippen molar-refractivity contribution < 1.29 is 4.70 Å². The second-order valence-electron chi connectivity index (χ2n) is 21.7. The Balaban J connectivity index is 1.47. The Morgan fingerprint density at radius 1 is 0.362 bits per heavy atom. The summed E-state index contributed by atoms with van der Waals surface area (Å²) in [6.45, 7) is 6.91. The molecule has 2 aromatic carbocycles. The van der Waals surface area contributed by atoms with Gasteiger partial charge in [-0.15, -0.1) is 0 Å². The van der Waals surface area contributed by atoms with E-state index in [-0.39, 0.29) is 0 Å². The first-order chi connectivity index (χ1) is 34.2. The average Bonchev–Trinajstić information content (AvgIpc) is 3.70. The Bertz CT molecular complexity index is 1660. The molecule has 0 atom stereocenters. The number of rotatable bonds is 47. The van der Waals surface area contributed by atoms with Crippen LogP contribution in [0.15, 0.2) is 60.2 Å². The highest BCUT2D eigenvalue weighted by molar-refractivity contribution is 5.82. The minimum Gasteiger partial charge on any atom is -0.493 e. The van der Waals surface area contributed by atoms with Crippen LogP contribution in [-0.4, -0.2) is 4.70 Å². The summed E-state index contributed by atoms with van der Waals surface area (Å²) in [7, 11) is 0. The van der Waals surface area contributed by atoms with Gasteiger partial charge in [0, 0.05) is 23.6 Å². The summed E-state index contributed by atoms with van der Waals surface area (Å²) in [5.41, 5.74) is 19.5. The number of unbranched alkanes of at least 4 members (excludes halogenated alkanes) is 41. The summed E-state index contributed by atoms with van der Waals surface area (Å²) in [5, 5.41) is 0. The van der Waals surface area contributed by atoms with Gasteiger partial charge in [0.25, 0.3) is 0 Å². The number of hydrogen-bond donors (Lipinski definition) is 0. The third-order valence-corrected chi connectivity index (χ3v) is 15.2. The van der Waals surface area contributed by atoms with Crippen molar-refractivity contribution in [3.8, 4) is 11.8 Å². The molecule has 0 spiro atoms. The van der Waals surface area contributed by atoms with Crippen molar-refractivity contribution in [2.45, 2.75) is 316 Å². The molecule has 2 aromatic rings. The van der Waals surface area contributed by atoms with Crippen LogP contribution < -0.4 is 0 Å². The third kappa shape index (κ3) is 30.5. The lowest BCUT2D eigenvalue weighted by atomic mass is 10.00. The van der Waals surface area contributed by atoms with Crippen LogP contribution in [0.5, 0.6) is 0 Å². The molecule has 0 saturated carbocycles. The van der Waals surface area contributed by atoms with Crippen molar-refractivity contribution in [2.75, 3.05) is 0 Å². The fraction of sp³-hybridized carbons (Fsp3) is 0.731. The van der Waals surface area contributed by atoms with E-state index in [9.17, 15) is 5.53 Å². The number of nitrogens with zero attached hydrogens (tertiary/aromatic N) is 2. The first-order valence-electron chi connectivity index (χ1n) is 30.8. The molecule has 0 amide bonds. The van der Waals surface area contributed by atoms with Crippen LogP contribution in [0.2, 0.25) is 0 Å². The summed E-state index contributed by atoms with van der Waals surface area (Å²) in [5.74, 6) is 7.13. The minimum absolute atomic E-state index is 0.842. The van der Waals surface area contributed by atoms with E-state index in [1.165, 1.54) is 285 Å². The molecular weight excluding hydrogens is 833 g/mol. The summed E-state index contributed by atoms with van der Waals surface area (Å²) in [6.07, 6.45) is 64.8. The molecule has 0 saturated heterocycles. The van der Waals surface area contributed by atoms with Crippen molar-refractivity contribution in [3.63, 3.8) is 0 Å². The highest BCUT2D eigenvalue weighted by Gasteiger charge is 2.28. The van der Waals surface area contributed by atoms with Gasteiger partial charge in [-0.1, -0.05) is 314 Å². The van der Waals surface area contributed by atoms with Crippen LogP contribution in [0.3, 0.4) is 0 Å². The van der Waals surface area contributed by atoms with Gasteiger partial charge in [-0.3, -0.25) is 0 Å². The molecule has 0 aliphatic carbocycles. The molecule has 0 aromatic heterocycles. The van der Waals surface area contributed by atoms with Gasteiger partial charge in [0.15, 0.2) is 0 Å². The number of benzene rings is 2. The van der Waals surface area contributed by atoms with E-state index in [0.29, 0.717) is 0 Å². The van der Waals surface area contributed by atoms with Crippen LogP contribution >= 0.6 is 0 Å². The topological polar surface area (TPSA) is 25.3 Å². The predicted molar refractivity (Wildman–Crippen MR) is 307 cm³/mol. The van der Waals surface area contributed by atoms with Gasteiger partial charge < -0.3 is 5.53 Å². The Morgan fingerprint density at radius 2 is 0.667 bits per heavy atom. The Morgan fingerprint density at radius 3 is 1.03 bits per heavy atom. The number of allylic oxidation sites excluding steroid dienone is 2. The van der Waals surface area contributed by atoms with Crippen LogP contribution in [0, 0.1) is 11.8 Å². The number of aryl methyl sites for hydroxylation is 2. The quantitative estimate of drug-likeness (QED) is 0.0359. The molecule has 1 aliphatic heterocycles. The van der Waals surface area contributed by atoms with Gasteiger partial charge in [-0.2, -0.15) is 0 Å². The van der Waals surface area contributed by atoms with E-state index in [0.717, 1.165) is 53.8 Å². The molecule has 3 rings (SSSR count). The zero-order chi connectivity index (χ0) is 48.9. The molecule has 0 radical (unpaired) electrons.